The minimum atomic E-state index is -1.22. The van der Waals surface area contributed by atoms with Crippen molar-refractivity contribution >= 4 is 45.4 Å². The fraction of sp³-hybridized carbons (Fsp3) is 0.280. The van der Waals surface area contributed by atoms with Crippen molar-refractivity contribution in [3.05, 3.63) is 63.8 Å². The van der Waals surface area contributed by atoms with Crippen molar-refractivity contribution in [2.75, 3.05) is 18.1 Å². The molecule has 34 heavy (non-hydrogen) atoms. The monoisotopic (exact) mass is 526 g/mol. The zero-order chi connectivity index (χ0) is 25.5. The summed E-state index contributed by atoms with van der Waals surface area (Å²) in [6, 6.07) is 13.7. The second-order valence-electron chi connectivity index (χ2n) is 8.76. The third-order valence-corrected chi connectivity index (χ3v) is 4.95. The molecule has 0 fully saturated rings. The Balaban J connectivity index is 2.42. The van der Waals surface area contributed by atoms with Crippen molar-refractivity contribution in [2.45, 2.75) is 27.7 Å². The van der Waals surface area contributed by atoms with E-state index in [9.17, 15) is 20.0 Å². The molecule has 0 aliphatic carbocycles. The maximum atomic E-state index is 13.3. The number of aliphatic carboxylic acids is 1. The van der Waals surface area contributed by atoms with Crippen LogP contribution >= 0.6 is 15.9 Å². The summed E-state index contributed by atoms with van der Waals surface area (Å²) in [6.07, 6.45) is 1.31. The molecule has 0 radical (unpaired) electrons. The van der Waals surface area contributed by atoms with Gasteiger partial charge in [0.25, 0.3) is 5.91 Å². The van der Waals surface area contributed by atoms with Gasteiger partial charge in [-0.1, -0.05) is 36.7 Å². The minimum absolute atomic E-state index is 0.0377. The highest BCUT2D eigenvalue weighted by molar-refractivity contribution is 9.10. The number of nitriles is 1. The average molecular weight is 527 g/mol. The van der Waals surface area contributed by atoms with E-state index in [0.29, 0.717) is 18.0 Å². The number of rotatable bonds is 8. The second-order valence-corrected chi connectivity index (χ2v) is 9.67. The van der Waals surface area contributed by atoms with Gasteiger partial charge in [0, 0.05) is 22.1 Å². The van der Waals surface area contributed by atoms with Gasteiger partial charge in [0.05, 0.1) is 23.4 Å². The summed E-state index contributed by atoms with van der Waals surface area (Å²) in [6.45, 7) is 7.28. The van der Waals surface area contributed by atoms with Crippen molar-refractivity contribution in [2.24, 2.45) is 16.1 Å². The largest absolute Gasteiger partial charge is 0.492 e. The standard InChI is InChI=1S/C25H27BrN4O4/c1-16(28)21(13-29-19-7-5-18(26)6-8-19)24(33)30(14-23(31)32)20-9-10-22(17(11-20)12-27)34-15-25(2,3)4/h5-11,13H,14-15,28H2,1-4H3,(H,31,32). The Hall–Kier alpha value is -3.64. The smallest absolute Gasteiger partial charge is 0.323 e. The zero-order valence-electron chi connectivity index (χ0n) is 19.5. The first-order valence-electron chi connectivity index (χ1n) is 10.4. The van der Waals surface area contributed by atoms with Crippen LogP contribution in [0, 0.1) is 16.7 Å². The Morgan fingerprint density at radius 1 is 1.24 bits per heavy atom. The quantitative estimate of drug-likeness (QED) is 0.375. The molecule has 0 saturated heterocycles. The molecule has 1 amide bonds. The number of nitrogens with two attached hydrogens (primary N) is 1. The molecule has 9 heteroatoms. The third kappa shape index (κ3) is 7.74. The Labute approximate surface area is 207 Å². The summed E-state index contributed by atoms with van der Waals surface area (Å²) in [4.78, 5) is 30.2. The van der Waals surface area contributed by atoms with Crippen LogP contribution in [0.1, 0.15) is 33.3 Å². The average Bonchev–Trinajstić information content (AvgIpc) is 2.76. The van der Waals surface area contributed by atoms with Crippen LogP contribution in [0.25, 0.3) is 0 Å². The highest BCUT2D eigenvalue weighted by Crippen LogP contribution is 2.27. The van der Waals surface area contributed by atoms with E-state index in [1.807, 2.05) is 26.8 Å². The number of carbonyl (C=O) groups is 2. The molecule has 3 N–H and O–H groups in total. The van der Waals surface area contributed by atoms with E-state index in [1.54, 1.807) is 30.3 Å². The molecule has 2 aromatic rings. The molecule has 2 aromatic carbocycles. The second kappa shape index (κ2) is 11.5. The van der Waals surface area contributed by atoms with E-state index < -0.39 is 18.4 Å². The van der Waals surface area contributed by atoms with Crippen molar-refractivity contribution in [1.82, 2.24) is 0 Å². The van der Waals surface area contributed by atoms with E-state index in [-0.39, 0.29) is 27.9 Å². The lowest BCUT2D eigenvalue weighted by Crippen LogP contribution is -2.38. The van der Waals surface area contributed by atoms with Gasteiger partial charge in [-0.3, -0.25) is 19.5 Å². The van der Waals surface area contributed by atoms with Gasteiger partial charge in [-0.15, -0.1) is 0 Å². The van der Waals surface area contributed by atoms with Crippen LogP contribution < -0.4 is 15.4 Å². The van der Waals surface area contributed by atoms with Gasteiger partial charge in [0.2, 0.25) is 0 Å². The van der Waals surface area contributed by atoms with Gasteiger partial charge < -0.3 is 15.6 Å². The Bertz CT molecular complexity index is 1150. The molecule has 178 valence electrons. The normalized spacial score (nSPS) is 12.1. The number of carboxylic acid groups (broad SMARTS) is 1. The van der Waals surface area contributed by atoms with Crippen LogP contribution in [-0.4, -0.2) is 36.3 Å². The van der Waals surface area contributed by atoms with Crippen molar-refractivity contribution in [1.29, 1.82) is 5.26 Å². The number of allylic oxidation sites excluding steroid dienone is 1. The first kappa shape index (κ1) is 26.6. The third-order valence-electron chi connectivity index (χ3n) is 4.42. The zero-order valence-corrected chi connectivity index (χ0v) is 21.1. The molecule has 0 aliphatic heterocycles. The number of hydrogen-bond acceptors (Lipinski definition) is 6. The molecular formula is C25H27BrN4O4. The lowest BCUT2D eigenvalue weighted by molar-refractivity contribution is -0.136. The number of carboxylic acids is 1. The Morgan fingerprint density at radius 3 is 2.41 bits per heavy atom. The summed E-state index contributed by atoms with van der Waals surface area (Å²) < 4.78 is 6.63. The molecule has 0 atom stereocenters. The summed E-state index contributed by atoms with van der Waals surface area (Å²) in [5.41, 5.74) is 7.03. The number of benzene rings is 2. The van der Waals surface area contributed by atoms with Crippen LogP contribution in [0.2, 0.25) is 0 Å². The fourth-order valence-electron chi connectivity index (χ4n) is 2.75. The maximum absolute atomic E-state index is 13.3. The van der Waals surface area contributed by atoms with Crippen molar-refractivity contribution < 1.29 is 19.4 Å². The summed E-state index contributed by atoms with van der Waals surface area (Å²) in [5.74, 6) is -1.53. The van der Waals surface area contributed by atoms with Gasteiger partial charge in [-0.05, 0) is 54.8 Å². The number of amides is 1. The Kier molecular flexibility index (Phi) is 8.98. The molecule has 0 bridgehead atoms. The van der Waals surface area contributed by atoms with Crippen LogP contribution in [0.15, 0.2) is 63.2 Å². The van der Waals surface area contributed by atoms with E-state index in [4.69, 9.17) is 10.5 Å². The predicted molar refractivity (Wildman–Crippen MR) is 135 cm³/mol. The number of nitrogens with zero attached hydrogens (tertiary/aromatic N) is 3. The molecule has 0 unspecified atom stereocenters. The molecule has 0 saturated carbocycles. The van der Waals surface area contributed by atoms with Crippen molar-refractivity contribution in [3.63, 3.8) is 0 Å². The molecule has 0 aliphatic rings. The molecule has 0 heterocycles. The molecule has 0 spiro atoms. The molecule has 8 nitrogen and oxygen atoms in total. The Morgan fingerprint density at radius 2 is 1.88 bits per heavy atom. The van der Waals surface area contributed by atoms with Gasteiger partial charge in [0.1, 0.15) is 18.4 Å². The lowest BCUT2D eigenvalue weighted by atomic mass is 9.98. The van der Waals surface area contributed by atoms with E-state index in [2.05, 4.69) is 20.9 Å². The first-order valence-corrected chi connectivity index (χ1v) is 11.2. The van der Waals surface area contributed by atoms with E-state index in [0.717, 1.165) is 9.37 Å². The van der Waals surface area contributed by atoms with Crippen LogP contribution in [0.3, 0.4) is 0 Å². The predicted octanol–water partition coefficient (Wildman–Crippen LogP) is 4.80. The summed E-state index contributed by atoms with van der Waals surface area (Å²) in [5, 5.41) is 19.0. The number of anilines is 1. The van der Waals surface area contributed by atoms with Gasteiger partial charge in [0.15, 0.2) is 0 Å². The summed E-state index contributed by atoms with van der Waals surface area (Å²) in [7, 11) is 0. The van der Waals surface area contributed by atoms with E-state index in [1.165, 1.54) is 25.3 Å². The van der Waals surface area contributed by atoms with Crippen LogP contribution in [0.4, 0.5) is 11.4 Å². The highest BCUT2D eigenvalue weighted by atomic mass is 79.9. The summed E-state index contributed by atoms with van der Waals surface area (Å²) >= 11 is 3.35. The number of hydrogen-bond donors (Lipinski definition) is 2. The maximum Gasteiger partial charge on any atom is 0.323 e. The highest BCUT2D eigenvalue weighted by Gasteiger charge is 2.24. The number of ether oxygens (including phenoxy) is 1. The molecular weight excluding hydrogens is 500 g/mol. The van der Waals surface area contributed by atoms with Crippen LogP contribution in [0.5, 0.6) is 5.75 Å². The minimum Gasteiger partial charge on any atom is -0.492 e. The molecule has 2 rings (SSSR count). The fourth-order valence-corrected chi connectivity index (χ4v) is 3.01. The number of aliphatic imine (C=N–C) groups is 1. The number of halogens is 1. The van der Waals surface area contributed by atoms with Gasteiger partial charge in [-0.25, -0.2) is 0 Å². The topological polar surface area (TPSA) is 129 Å². The lowest BCUT2D eigenvalue weighted by Gasteiger charge is -2.23. The van der Waals surface area contributed by atoms with Gasteiger partial charge >= 0.3 is 5.97 Å². The van der Waals surface area contributed by atoms with Crippen LogP contribution in [-0.2, 0) is 9.59 Å². The van der Waals surface area contributed by atoms with Gasteiger partial charge in [-0.2, -0.15) is 5.26 Å². The number of carbonyl (C=O) groups excluding carboxylic acids is 1. The molecule has 0 aromatic heterocycles. The SMILES string of the molecule is CC(N)=C(C=Nc1ccc(Br)cc1)C(=O)N(CC(=O)O)c1ccc(OCC(C)(C)C)c(C#N)c1. The first-order chi connectivity index (χ1) is 15.9. The van der Waals surface area contributed by atoms with E-state index >= 15 is 0 Å². The van der Waals surface area contributed by atoms with Crippen molar-refractivity contribution in [3.8, 4) is 11.8 Å².